The SMILES string of the molecule is CC(C)(CNC(=O)CN1CCNCC1)c1cc[nH]c1. The van der Waals surface area contributed by atoms with Gasteiger partial charge in [-0.05, 0) is 11.6 Å². The van der Waals surface area contributed by atoms with Gasteiger partial charge in [0.1, 0.15) is 0 Å². The van der Waals surface area contributed by atoms with Crippen LogP contribution in [0.3, 0.4) is 0 Å². The van der Waals surface area contributed by atoms with Crippen LogP contribution in [0.5, 0.6) is 0 Å². The van der Waals surface area contributed by atoms with Crippen LogP contribution in [0.15, 0.2) is 18.5 Å². The van der Waals surface area contributed by atoms with Crippen molar-refractivity contribution in [2.24, 2.45) is 0 Å². The Morgan fingerprint density at radius 3 is 2.79 bits per heavy atom. The van der Waals surface area contributed by atoms with Gasteiger partial charge in [0.25, 0.3) is 0 Å². The molecular formula is C14H24N4O. The fourth-order valence-corrected chi connectivity index (χ4v) is 2.29. The molecule has 0 bridgehead atoms. The van der Waals surface area contributed by atoms with Gasteiger partial charge in [-0.25, -0.2) is 0 Å². The van der Waals surface area contributed by atoms with Crippen LogP contribution in [-0.4, -0.2) is 55.1 Å². The molecule has 1 aromatic heterocycles. The standard InChI is InChI=1S/C14H24N4O/c1-14(2,12-3-4-16-9-12)11-17-13(19)10-18-7-5-15-6-8-18/h3-4,9,15-16H,5-8,10-11H2,1-2H3,(H,17,19). The highest BCUT2D eigenvalue weighted by molar-refractivity contribution is 5.78. The Bertz CT molecular complexity index is 394. The summed E-state index contributed by atoms with van der Waals surface area (Å²) in [6.07, 6.45) is 3.90. The summed E-state index contributed by atoms with van der Waals surface area (Å²) in [4.78, 5) is 17.2. The predicted octanol–water partition coefficient (Wildman–Crippen LogP) is 0.314. The van der Waals surface area contributed by atoms with Crippen LogP contribution in [0.2, 0.25) is 0 Å². The minimum absolute atomic E-state index is 0.0425. The minimum atomic E-state index is -0.0425. The van der Waals surface area contributed by atoms with E-state index < -0.39 is 0 Å². The Balaban J connectivity index is 1.76. The number of H-pyrrole nitrogens is 1. The molecule has 1 aliphatic heterocycles. The van der Waals surface area contributed by atoms with Crippen molar-refractivity contribution in [3.05, 3.63) is 24.0 Å². The number of piperazine rings is 1. The Kier molecular flexibility index (Phi) is 4.61. The summed E-state index contributed by atoms with van der Waals surface area (Å²) in [6, 6.07) is 2.06. The minimum Gasteiger partial charge on any atom is -0.367 e. The van der Waals surface area contributed by atoms with Crippen molar-refractivity contribution >= 4 is 5.91 Å². The molecule has 0 aromatic carbocycles. The van der Waals surface area contributed by atoms with E-state index >= 15 is 0 Å². The summed E-state index contributed by atoms with van der Waals surface area (Å²) in [6.45, 7) is 9.30. The lowest BCUT2D eigenvalue weighted by Gasteiger charge is -2.28. The van der Waals surface area contributed by atoms with E-state index in [9.17, 15) is 4.79 Å². The average Bonchev–Trinajstić information content (AvgIpc) is 2.92. The Hall–Kier alpha value is -1.33. The van der Waals surface area contributed by atoms with Crippen LogP contribution < -0.4 is 10.6 Å². The van der Waals surface area contributed by atoms with Crippen LogP contribution in [0.25, 0.3) is 0 Å². The molecule has 0 saturated carbocycles. The maximum Gasteiger partial charge on any atom is 0.234 e. The fraction of sp³-hybridized carbons (Fsp3) is 0.643. The van der Waals surface area contributed by atoms with E-state index in [1.807, 2.05) is 12.4 Å². The molecule has 0 radical (unpaired) electrons. The molecule has 1 fully saturated rings. The van der Waals surface area contributed by atoms with E-state index in [0.717, 1.165) is 26.2 Å². The molecule has 1 amide bonds. The average molecular weight is 264 g/mol. The summed E-state index contributed by atoms with van der Waals surface area (Å²) in [5, 5.41) is 6.33. The van der Waals surface area contributed by atoms with Crippen molar-refractivity contribution in [2.45, 2.75) is 19.3 Å². The number of nitrogens with one attached hydrogen (secondary N) is 3. The Labute approximate surface area is 114 Å². The van der Waals surface area contributed by atoms with Gasteiger partial charge in [-0.3, -0.25) is 9.69 Å². The second kappa shape index (κ2) is 6.21. The lowest BCUT2D eigenvalue weighted by atomic mass is 9.86. The van der Waals surface area contributed by atoms with Crippen molar-refractivity contribution in [1.82, 2.24) is 20.5 Å². The molecule has 19 heavy (non-hydrogen) atoms. The predicted molar refractivity (Wildman–Crippen MR) is 76.1 cm³/mol. The number of hydrogen-bond donors (Lipinski definition) is 3. The molecule has 5 heteroatoms. The van der Waals surface area contributed by atoms with Crippen molar-refractivity contribution in [2.75, 3.05) is 39.3 Å². The number of carbonyl (C=O) groups is 1. The molecule has 106 valence electrons. The Morgan fingerprint density at radius 2 is 2.16 bits per heavy atom. The number of carbonyl (C=O) groups excluding carboxylic acids is 1. The molecule has 0 spiro atoms. The topological polar surface area (TPSA) is 60.2 Å². The maximum atomic E-state index is 11.9. The van der Waals surface area contributed by atoms with Crippen molar-refractivity contribution in [3.63, 3.8) is 0 Å². The second-order valence-corrected chi connectivity index (χ2v) is 5.79. The molecule has 2 heterocycles. The van der Waals surface area contributed by atoms with Gasteiger partial charge in [0.05, 0.1) is 6.54 Å². The normalized spacial score (nSPS) is 17.4. The van der Waals surface area contributed by atoms with E-state index in [-0.39, 0.29) is 11.3 Å². The van der Waals surface area contributed by atoms with Gasteiger partial charge in [0.15, 0.2) is 0 Å². The molecular weight excluding hydrogens is 240 g/mol. The number of rotatable bonds is 5. The summed E-state index contributed by atoms with van der Waals surface area (Å²) < 4.78 is 0. The van der Waals surface area contributed by atoms with Crippen molar-refractivity contribution < 1.29 is 4.79 Å². The van der Waals surface area contributed by atoms with Gasteiger partial charge in [-0.2, -0.15) is 0 Å². The lowest BCUT2D eigenvalue weighted by Crippen LogP contribution is -2.48. The van der Waals surface area contributed by atoms with Crippen molar-refractivity contribution in [1.29, 1.82) is 0 Å². The third kappa shape index (κ3) is 4.08. The quantitative estimate of drug-likeness (QED) is 0.717. The van der Waals surface area contributed by atoms with Crippen LogP contribution in [0, 0.1) is 0 Å². The zero-order valence-corrected chi connectivity index (χ0v) is 11.8. The fourth-order valence-electron chi connectivity index (χ4n) is 2.29. The first-order chi connectivity index (χ1) is 9.08. The van der Waals surface area contributed by atoms with E-state index in [1.165, 1.54) is 5.56 Å². The van der Waals surface area contributed by atoms with Gasteiger partial charge in [-0.1, -0.05) is 13.8 Å². The first-order valence-corrected chi connectivity index (χ1v) is 6.91. The third-order valence-corrected chi connectivity index (χ3v) is 3.68. The number of aromatic nitrogens is 1. The van der Waals surface area contributed by atoms with Gasteiger partial charge in [0.2, 0.25) is 5.91 Å². The molecule has 1 aromatic rings. The van der Waals surface area contributed by atoms with Crippen LogP contribution >= 0.6 is 0 Å². The second-order valence-electron chi connectivity index (χ2n) is 5.79. The third-order valence-electron chi connectivity index (χ3n) is 3.68. The molecule has 0 unspecified atom stereocenters. The lowest BCUT2D eigenvalue weighted by molar-refractivity contribution is -0.122. The maximum absolute atomic E-state index is 11.9. The molecule has 1 aliphatic rings. The summed E-state index contributed by atoms with van der Waals surface area (Å²) in [5.74, 6) is 0.116. The number of nitrogens with zero attached hydrogens (tertiary/aromatic N) is 1. The summed E-state index contributed by atoms with van der Waals surface area (Å²) in [7, 11) is 0. The molecule has 5 nitrogen and oxygen atoms in total. The van der Waals surface area contributed by atoms with E-state index in [4.69, 9.17) is 0 Å². The highest BCUT2D eigenvalue weighted by Gasteiger charge is 2.22. The highest BCUT2D eigenvalue weighted by Crippen LogP contribution is 2.21. The van der Waals surface area contributed by atoms with Gasteiger partial charge in [0, 0.05) is 50.5 Å². The smallest absolute Gasteiger partial charge is 0.234 e. The first kappa shape index (κ1) is 14.1. The molecule has 0 aliphatic carbocycles. The molecule has 1 saturated heterocycles. The molecule has 3 N–H and O–H groups in total. The van der Waals surface area contributed by atoms with E-state index in [1.54, 1.807) is 0 Å². The molecule has 2 rings (SSSR count). The molecule has 0 atom stereocenters. The largest absolute Gasteiger partial charge is 0.367 e. The number of hydrogen-bond acceptors (Lipinski definition) is 3. The van der Waals surface area contributed by atoms with Gasteiger partial charge < -0.3 is 15.6 Å². The number of amides is 1. The van der Waals surface area contributed by atoms with Crippen LogP contribution in [0.1, 0.15) is 19.4 Å². The van der Waals surface area contributed by atoms with E-state index in [2.05, 4.69) is 40.4 Å². The summed E-state index contributed by atoms with van der Waals surface area (Å²) in [5.41, 5.74) is 1.18. The van der Waals surface area contributed by atoms with Crippen LogP contribution in [-0.2, 0) is 10.2 Å². The van der Waals surface area contributed by atoms with Gasteiger partial charge >= 0.3 is 0 Å². The summed E-state index contributed by atoms with van der Waals surface area (Å²) >= 11 is 0. The Morgan fingerprint density at radius 1 is 1.42 bits per heavy atom. The highest BCUT2D eigenvalue weighted by atomic mass is 16.2. The van der Waals surface area contributed by atoms with Crippen LogP contribution in [0.4, 0.5) is 0 Å². The zero-order chi connectivity index (χ0) is 13.7. The monoisotopic (exact) mass is 264 g/mol. The zero-order valence-electron chi connectivity index (χ0n) is 11.8. The first-order valence-electron chi connectivity index (χ1n) is 6.91. The van der Waals surface area contributed by atoms with E-state index in [0.29, 0.717) is 13.1 Å². The number of aromatic amines is 1. The van der Waals surface area contributed by atoms with Gasteiger partial charge in [-0.15, -0.1) is 0 Å². The van der Waals surface area contributed by atoms with Crippen molar-refractivity contribution in [3.8, 4) is 0 Å².